The van der Waals surface area contributed by atoms with Crippen LogP contribution in [0.25, 0.3) is 0 Å². The Morgan fingerprint density at radius 3 is 2.92 bits per heavy atom. The van der Waals surface area contributed by atoms with Gasteiger partial charge in [0.15, 0.2) is 10.8 Å². The normalized spacial score (nSPS) is 19.7. The van der Waals surface area contributed by atoms with Gasteiger partial charge in [0.05, 0.1) is 31.5 Å². The standard InChI is InChI=1S/C24H26BrFN4O5S.CH4O/c1-2-34-24(32)20-19(13-30-6-8-35-16(12-30)14-33-9-7-31)28-22(23-27-5-10-36-23)29-21(20)17-4-3-15(26)11-18(17)25;1-2/h3-5,7,10-11,16,21H,2,6,8-9,12-14H2,1H3,(H,28,29);2H,1H3/t16?,21-;/m0./s1. The van der Waals surface area contributed by atoms with Crippen LogP contribution in [0.1, 0.15) is 23.5 Å². The molecule has 0 bridgehead atoms. The number of halogens is 2. The van der Waals surface area contributed by atoms with Crippen molar-refractivity contribution in [3.8, 4) is 0 Å². The van der Waals surface area contributed by atoms with Gasteiger partial charge >= 0.3 is 5.97 Å². The summed E-state index contributed by atoms with van der Waals surface area (Å²) in [5.41, 5.74) is 1.61. The van der Waals surface area contributed by atoms with Crippen LogP contribution in [0.2, 0.25) is 0 Å². The van der Waals surface area contributed by atoms with Crippen molar-refractivity contribution in [2.45, 2.75) is 19.1 Å². The van der Waals surface area contributed by atoms with Gasteiger partial charge in [-0.3, -0.25) is 9.89 Å². The number of nitrogens with one attached hydrogen (secondary N) is 1. The zero-order chi connectivity index (χ0) is 27.5. The van der Waals surface area contributed by atoms with Crippen molar-refractivity contribution in [2.75, 3.05) is 53.2 Å². The maximum absolute atomic E-state index is 13.9. The molecule has 1 unspecified atom stereocenters. The summed E-state index contributed by atoms with van der Waals surface area (Å²) in [7, 11) is 1.00. The third-order valence-electron chi connectivity index (χ3n) is 5.61. The molecule has 206 valence electrons. The molecule has 4 rings (SSSR count). The van der Waals surface area contributed by atoms with Crippen molar-refractivity contribution < 1.29 is 33.3 Å². The van der Waals surface area contributed by atoms with Crippen LogP contribution in [0.5, 0.6) is 0 Å². The number of carbonyl (C=O) groups is 2. The van der Waals surface area contributed by atoms with Gasteiger partial charge in [0, 0.05) is 48.5 Å². The van der Waals surface area contributed by atoms with E-state index in [1.54, 1.807) is 19.2 Å². The van der Waals surface area contributed by atoms with E-state index in [1.807, 2.05) is 5.38 Å². The van der Waals surface area contributed by atoms with Crippen molar-refractivity contribution in [3.63, 3.8) is 0 Å². The number of rotatable bonds is 10. The number of aliphatic hydroxyl groups excluding tert-OH is 1. The molecular weight excluding hydrogens is 583 g/mol. The number of nitrogens with zero attached hydrogens (tertiary/aromatic N) is 3. The second-order valence-corrected chi connectivity index (χ2v) is 9.80. The van der Waals surface area contributed by atoms with Gasteiger partial charge in [0.2, 0.25) is 0 Å². The average Bonchev–Trinajstić information content (AvgIpc) is 3.45. The summed E-state index contributed by atoms with van der Waals surface area (Å²) in [4.78, 5) is 35.2. The highest BCUT2D eigenvalue weighted by atomic mass is 79.9. The van der Waals surface area contributed by atoms with Crippen molar-refractivity contribution in [1.82, 2.24) is 15.2 Å². The molecule has 1 saturated heterocycles. The molecule has 13 heteroatoms. The highest BCUT2D eigenvalue weighted by molar-refractivity contribution is 9.10. The van der Waals surface area contributed by atoms with Crippen LogP contribution in [0.15, 0.2) is 50.5 Å². The molecule has 1 fully saturated rings. The minimum Gasteiger partial charge on any atom is -0.463 e. The van der Waals surface area contributed by atoms with Crippen molar-refractivity contribution >= 4 is 45.4 Å². The Kier molecular flexibility index (Phi) is 12.0. The number of carbonyl (C=O) groups excluding carboxylic acids is 2. The lowest BCUT2D eigenvalue weighted by Crippen LogP contribution is -2.47. The largest absolute Gasteiger partial charge is 0.463 e. The van der Waals surface area contributed by atoms with E-state index >= 15 is 0 Å². The minimum absolute atomic E-state index is 0.0153. The Morgan fingerprint density at radius 2 is 2.24 bits per heavy atom. The van der Waals surface area contributed by atoms with Crippen LogP contribution in [0.4, 0.5) is 4.39 Å². The quantitative estimate of drug-likeness (QED) is 0.237. The van der Waals surface area contributed by atoms with E-state index in [9.17, 15) is 14.0 Å². The van der Waals surface area contributed by atoms with Crippen LogP contribution in [-0.2, 0) is 23.8 Å². The molecule has 38 heavy (non-hydrogen) atoms. The molecule has 0 spiro atoms. The number of aliphatic hydroxyl groups is 1. The summed E-state index contributed by atoms with van der Waals surface area (Å²) in [6, 6.07) is 3.57. The summed E-state index contributed by atoms with van der Waals surface area (Å²) < 4.78 is 30.9. The van der Waals surface area contributed by atoms with Crippen LogP contribution in [0.3, 0.4) is 0 Å². The number of morpholine rings is 1. The lowest BCUT2D eigenvalue weighted by molar-refractivity contribution is -0.139. The monoisotopic (exact) mass is 612 g/mol. The van der Waals surface area contributed by atoms with Crippen molar-refractivity contribution in [2.24, 2.45) is 4.99 Å². The first-order valence-electron chi connectivity index (χ1n) is 11.9. The highest BCUT2D eigenvalue weighted by Crippen LogP contribution is 2.37. The summed E-state index contributed by atoms with van der Waals surface area (Å²) in [5.74, 6) is -0.377. The predicted octanol–water partition coefficient (Wildman–Crippen LogP) is 2.48. The van der Waals surface area contributed by atoms with Gasteiger partial charge in [-0.15, -0.1) is 11.3 Å². The van der Waals surface area contributed by atoms with E-state index < -0.39 is 17.8 Å². The first-order valence-corrected chi connectivity index (χ1v) is 13.6. The third-order valence-corrected chi connectivity index (χ3v) is 7.07. The first kappa shape index (κ1) is 30.0. The first-order chi connectivity index (χ1) is 18.5. The fourth-order valence-corrected chi connectivity index (χ4v) is 5.22. The Morgan fingerprint density at radius 1 is 1.42 bits per heavy atom. The Hall–Kier alpha value is -2.55. The smallest absolute Gasteiger partial charge is 0.338 e. The lowest BCUT2D eigenvalue weighted by Gasteiger charge is -2.35. The maximum Gasteiger partial charge on any atom is 0.338 e. The van der Waals surface area contributed by atoms with Gasteiger partial charge in [-0.2, -0.15) is 0 Å². The molecule has 0 amide bonds. The number of esters is 1. The summed E-state index contributed by atoms with van der Waals surface area (Å²) >= 11 is 4.86. The Labute approximate surface area is 232 Å². The van der Waals surface area contributed by atoms with E-state index in [4.69, 9.17) is 24.3 Å². The molecule has 3 heterocycles. The van der Waals surface area contributed by atoms with Gasteiger partial charge in [-0.05, 0) is 24.6 Å². The average molecular weight is 614 g/mol. The van der Waals surface area contributed by atoms with Crippen LogP contribution in [-0.4, -0.2) is 92.4 Å². The van der Waals surface area contributed by atoms with Gasteiger partial charge in [-0.25, -0.2) is 14.2 Å². The fourth-order valence-electron chi connectivity index (χ4n) is 4.06. The molecule has 1 aromatic heterocycles. The molecule has 0 radical (unpaired) electrons. The zero-order valence-corrected chi connectivity index (χ0v) is 23.5. The number of benzene rings is 1. The number of aliphatic imine (C=N–C) groups is 1. The summed E-state index contributed by atoms with van der Waals surface area (Å²) in [6.45, 7) is 4.32. The van der Waals surface area contributed by atoms with Crippen LogP contribution >= 0.6 is 27.3 Å². The van der Waals surface area contributed by atoms with Crippen LogP contribution < -0.4 is 5.32 Å². The van der Waals surface area contributed by atoms with Gasteiger partial charge in [-0.1, -0.05) is 22.0 Å². The molecule has 10 nitrogen and oxygen atoms in total. The van der Waals surface area contributed by atoms with E-state index in [0.717, 1.165) is 7.11 Å². The Balaban J connectivity index is 0.00000195. The number of hydrogen-bond donors (Lipinski definition) is 2. The molecule has 0 aliphatic carbocycles. The highest BCUT2D eigenvalue weighted by Gasteiger charge is 2.35. The topological polar surface area (TPSA) is 123 Å². The van der Waals surface area contributed by atoms with Gasteiger partial charge < -0.3 is 29.4 Å². The van der Waals surface area contributed by atoms with Crippen molar-refractivity contribution in [1.29, 1.82) is 0 Å². The number of ether oxygens (including phenoxy) is 3. The van der Waals surface area contributed by atoms with Gasteiger partial charge in [0.1, 0.15) is 24.8 Å². The zero-order valence-electron chi connectivity index (χ0n) is 21.1. The molecule has 0 saturated carbocycles. The molecule has 2 N–H and O–H groups in total. The molecule has 2 aliphatic rings. The molecule has 2 atom stereocenters. The number of hydrogen-bond acceptors (Lipinski definition) is 11. The second kappa shape index (κ2) is 15.1. The minimum atomic E-state index is -0.734. The summed E-state index contributed by atoms with van der Waals surface area (Å²) in [5, 5.41) is 12.8. The number of thiazole rings is 1. The fraction of sp³-hybridized carbons (Fsp3) is 0.440. The van der Waals surface area contributed by atoms with Crippen LogP contribution in [0, 0.1) is 5.82 Å². The second-order valence-electron chi connectivity index (χ2n) is 8.05. The predicted molar refractivity (Wildman–Crippen MR) is 143 cm³/mol. The third kappa shape index (κ3) is 7.74. The van der Waals surface area contributed by atoms with E-state index in [2.05, 4.69) is 31.1 Å². The van der Waals surface area contributed by atoms with E-state index in [0.29, 0.717) is 71.3 Å². The summed E-state index contributed by atoms with van der Waals surface area (Å²) in [6.07, 6.45) is 2.18. The lowest BCUT2D eigenvalue weighted by atomic mass is 9.95. The Bertz CT molecular complexity index is 1150. The molecule has 1 aromatic carbocycles. The van der Waals surface area contributed by atoms with Gasteiger partial charge in [0.25, 0.3) is 0 Å². The molecular formula is C25H30BrFN4O6S. The molecule has 2 aromatic rings. The number of aromatic nitrogens is 1. The van der Waals surface area contributed by atoms with Crippen molar-refractivity contribution in [3.05, 3.63) is 61.9 Å². The van der Waals surface area contributed by atoms with E-state index in [1.165, 1.54) is 23.5 Å². The SMILES string of the molecule is CCOC(=O)C1=C(CN2CCOC(COCC=O)C2)NC(c2nccs2)=N[C@H]1c1ccc(F)cc1Br.CO. The van der Waals surface area contributed by atoms with E-state index in [-0.39, 0.29) is 19.3 Å². The molecule has 2 aliphatic heterocycles. The number of amidine groups is 1. The maximum atomic E-state index is 13.9. The number of aldehydes is 1.